The Kier molecular flexibility index (Phi) is 4.39. The molecule has 2 rings (SSSR count). The first kappa shape index (κ1) is 14.5. The molecule has 1 amide bonds. The van der Waals surface area contributed by atoms with E-state index in [0.29, 0.717) is 5.92 Å². The predicted molar refractivity (Wildman–Crippen MR) is 72.8 cm³/mol. The fourth-order valence-electron chi connectivity index (χ4n) is 1.57. The minimum absolute atomic E-state index is 0.273. The Morgan fingerprint density at radius 1 is 1.35 bits per heavy atom. The number of carbonyl (C=O) groups is 1. The standard InChI is InChI=1S/C13H13F2N3OS/c1-7(2)5-11-17-18-13(20-11)16-12(19)9-6-8(14)3-4-10(9)15/h3-4,6-7H,5H2,1-2H3,(H,16,18,19). The molecular formula is C13H13F2N3OS. The second-order valence-electron chi connectivity index (χ2n) is 4.68. The first-order valence-electron chi connectivity index (χ1n) is 6.04. The lowest BCUT2D eigenvalue weighted by atomic mass is 10.1. The first-order chi connectivity index (χ1) is 9.45. The summed E-state index contributed by atoms with van der Waals surface area (Å²) in [5.74, 6) is -1.77. The smallest absolute Gasteiger partial charge is 0.260 e. The summed E-state index contributed by atoms with van der Waals surface area (Å²) in [6, 6.07) is 2.72. The molecule has 106 valence electrons. The molecule has 0 aliphatic carbocycles. The molecule has 0 aliphatic rings. The third-order valence-corrected chi connectivity index (χ3v) is 3.30. The Morgan fingerprint density at radius 3 is 2.80 bits per heavy atom. The van der Waals surface area contributed by atoms with Crippen molar-refractivity contribution in [3.63, 3.8) is 0 Å². The van der Waals surface area contributed by atoms with E-state index >= 15 is 0 Å². The molecule has 0 saturated carbocycles. The van der Waals surface area contributed by atoms with Gasteiger partial charge in [-0.05, 0) is 24.1 Å². The Labute approximate surface area is 118 Å². The number of hydrogen-bond acceptors (Lipinski definition) is 4. The molecular weight excluding hydrogens is 284 g/mol. The third-order valence-electron chi connectivity index (χ3n) is 2.44. The van der Waals surface area contributed by atoms with Crippen molar-refractivity contribution in [1.29, 1.82) is 0 Å². The van der Waals surface area contributed by atoms with Gasteiger partial charge in [-0.3, -0.25) is 10.1 Å². The summed E-state index contributed by atoms with van der Waals surface area (Å²) in [5, 5.41) is 11.2. The zero-order valence-corrected chi connectivity index (χ0v) is 11.8. The van der Waals surface area contributed by atoms with Crippen LogP contribution in [0.1, 0.15) is 29.2 Å². The summed E-state index contributed by atoms with van der Waals surface area (Å²) in [5.41, 5.74) is -0.356. The minimum Gasteiger partial charge on any atom is -0.296 e. The van der Waals surface area contributed by atoms with Crippen LogP contribution in [0.4, 0.5) is 13.9 Å². The predicted octanol–water partition coefficient (Wildman–Crippen LogP) is 3.27. The number of aromatic nitrogens is 2. The topological polar surface area (TPSA) is 54.9 Å². The number of carbonyl (C=O) groups excluding carboxylic acids is 1. The summed E-state index contributed by atoms with van der Waals surface area (Å²) in [4.78, 5) is 11.8. The minimum atomic E-state index is -0.782. The fourth-order valence-corrected chi connectivity index (χ4v) is 2.52. The first-order valence-corrected chi connectivity index (χ1v) is 6.86. The molecule has 1 N–H and O–H groups in total. The SMILES string of the molecule is CC(C)Cc1nnc(NC(=O)c2cc(F)ccc2F)s1. The summed E-state index contributed by atoms with van der Waals surface area (Å²) >= 11 is 1.22. The zero-order valence-electron chi connectivity index (χ0n) is 11.0. The highest BCUT2D eigenvalue weighted by Crippen LogP contribution is 2.19. The largest absolute Gasteiger partial charge is 0.296 e. The Balaban J connectivity index is 2.11. The summed E-state index contributed by atoms with van der Waals surface area (Å²) in [6.45, 7) is 4.09. The van der Waals surface area contributed by atoms with Gasteiger partial charge in [-0.2, -0.15) is 0 Å². The molecule has 1 heterocycles. The van der Waals surface area contributed by atoms with Gasteiger partial charge >= 0.3 is 0 Å². The van der Waals surface area contributed by atoms with E-state index in [1.54, 1.807) is 0 Å². The van der Waals surface area contributed by atoms with Crippen molar-refractivity contribution >= 4 is 22.4 Å². The summed E-state index contributed by atoms with van der Waals surface area (Å²) < 4.78 is 26.5. The molecule has 1 aromatic heterocycles. The summed E-state index contributed by atoms with van der Waals surface area (Å²) in [7, 11) is 0. The lowest BCUT2D eigenvalue weighted by molar-refractivity contribution is 0.102. The summed E-state index contributed by atoms with van der Waals surface area (Å²) in [6.07, 6.45) is 0.752. The van der Waals surface area contributed by atoms with Crippen LogP contribution >= 0.6 is 11.3 Å². The average molecular weight is 297 g/mol. The molecule has 0 aliphatic heterocycles. The van der Waals surface area contributed by atoms with Gasteiger partial charge in [0, 0.05) is 6.42 Å². The van der Waals surface area contributed by atoms with Crippen LogP contribution in [-0.4, -0.2) is 16.1 Å². The van der Waals surface area contributed by atoms with Crippen molar-refractivity contribution in [1.82, 2.24) is 10.2 Å². The number of nitrogens with zero attached hydrogens (tertiary/aromatic N) is 2. The van der Waals surface area contributed by atoms with E-state index in [9.17, 15) is 13.6 Å². The van der Waals surface area contributed by atoms with Crippen molar-refractivity contribution in [3.8, 4) is 0 Å². The highest BCUT2D eigenvalue weighted by atomic mass is 32.1. The average Bonchev–Trinajstić information content (AvgIpc) is 2.78. The molecule has 0 unspecified atom stereocenters. The van der Waals surface area contributed by atoms with Gasteiger partial charge < -0.3 is 0 Å². The van der Waals surface area contributed by atoms with Crippen LogP contribution in [0.25, 0.3) is 0 Å². The third kappa shape index (κ3) is 3.57. The number of rotatable bonds is 4. The molecule has 0 spiro atoms. The molecule has 1 aromatic carbocycles. The lowest BCUT2D eigenvalue weighted by Gasteiger charge is -2.02. The Bertz CT molecular complexity index is 628. The zero-order chi connectivity index (χ0) is 14.7. The quantitative estimate of drug-likeness (QED) is 0.942. The van der Waals surface area contributed by atoms with Crippen LogP contribution in [0.5, 0.6) is 0 Å². The van der Waals surface area contributed by atoms with Gasteiger partial charge in [0.2, 0.25) is 5.13 Å². The Morgan fingerprint density at radius 2 is 2.10 bits per heavy atom. The molecule has 0 bridgehead atoms. The van der Waals surface area contributed by atoms with Crippen molar-refractivity contribution in [2.45, 2.75) is 20.3 Å². The van der Waals surface area contributed by atoms with Crippen molar-refractivity contribution in [2.24, 2.45) is 5.92 Å². The van der Waals surface area contributed by atoms with Gasteiger partial charge in [-0.25, -0.2) is 8.78 Å². The van der Waals surface area contributed by atoms with Crippen molar-refractivity contribution in [3.05, 3.63) is 40.4 Å². The molecule has 0 radical (unpaired) electrons. The van der Waals surface area contributed by atoms with Crippen LogP contribution in [-0.2, 0) is 6.42 Å². The number of halogens is 2. The number of benzene rings is 1. The van der Waals surface area contributed by atoms with E-state index < -0.39 is 17.5 Å². The van der Waals surface area contributed by atoms with Gasteiger partial charge in [0.25, 0.3) is 5.91 Å². The van der Waals surface area contributed by atoms with Crippen LogP contribution in [0.15, 0.2) is 18.2 Å². The maximum absolute atomic E-state index is 13.4. The fraction of sp³-hybridized carbons (Fsp3) is 0.308. The number of anilines is 1. The van der Waals surface area contributed by atoms with Gasteiger partial charge in [-0.15, -0.1) is 10.2 Å². The van der Waals surface area contributed by atoms with Gasteiger partial charge in [0.1, 0.15) is 16.6 Å². The van der Waals surface area contributed by atoms with Crippen LogP contribution in [0.2, 0.25) is 0 Å². The highest BCUT2D eigenvalue weighted by molar-refractivity contribution is 7.15. The molecule has 0 fully saturated rings. The molecule has 4 nitrogen and oxygen atoms in total. The molecule has 7 heteroatoms. The van der Waals surface area contributed by atoms with Crippen LogP contribution in [0.3, 0.4) is 0 Å². The molecule has 0 saturated heterocycles. The maximum atomic E-state index is 13.4. The van der Waals surface area contributed by atoms with E-state index in [2.05, 4.69) is 15.5 Å². The van der Waals surface area contributed by atoms with Gasteiger partial charge in [0.05, 0.1) is 5.56 Å². The van der Waals surface area contributed by atoms with Crippen molar-refractivity contribution < 1.29 is 13.6 Å². The Hall–Kier alpha value is -1.89. The van der Waals surface area contributed by atoms with Crippen LogP contribution in [0, 0.1) is 17.6 Å². The van der Waals surface area contributed by atoms with E-state index in [0.717, 1.165) is 29.6 Å². The monoisotopic (exact) mass is 297 g/mol. The van der Waals surface area contributed by atoms with E-state index in [1.165, 1.54) is 11.3 Å². The molecule has 0 atom stereocenters. The van der Waals surface area contributed by atoms with Crippen molar-refractivity contribution in [2.75, 3.05) is 5.32 Å². The van der Waals surface area contributed by atoms with E-state index in [4.69, 9.17) is 0 Å². The molecule has 2 aromatic rings. The van der Waals surface area contributed by atoms with Gasteiger partial charge in [-0.1, -0.05) is 25.2 Å². The number of amides is 1. The van der Waals surface area contributed by atoms with E-state index in [-0.39, 0.29) is 10.7 Å². The number of nitrogens with one attached hydrogen (secondary N) is 1. The van der Waals surface area contributed by atoms with E-state index in [1.807, 2.05) is 13.8 Å². The highest BCUT2D eigenvalue weighted by Gasteiger charge is 2.15. The second kappa shape index (κ2) is 6.04. The van der Waals surface area contributed by atoms with Gasteiger partial charge in [0.15, 0.2) is 0 Å². The lowest BCUT2D eigenvalue weighted by Crippen LogP contribution is -2.13. The normalized spacial score (nSPS) is 10.8. The molecule has 20 heavy (non-hydrogen) atoms. The number of hydrogen-bond donors (Lipinski definition) is 1. The maximum Gasteiger partial charge on any atom is 0.260 e. The van der Waals surface area contributed by atoms with Crippen LogP contribution < -0.4 is 5.32 Å². The second-order valence-corrected chi connectivity index (χ2v) is 5.74.